The summed E-state index contributed by atoms with van der Waals surface area (Å²) in [7, 11) is 1.81. The van der Waals surface area contributed by atoms with Gasteiger partial charge in [-0.05, 0) is 38.1 Å². The Balaban J connectivity index is 2.59. The minimum Gasteiger partial charge on any atom is -0.384 e. The lowest BCUT2D eigenvalue weighted by Gasteiger charge is -2.23. The van der Waals surface area contributed by atoms with E-state index in [9.17, 15) is 4.39 Å². The third-order valence-electron chi connectivity index (χ3n) is 3.13. The number of hydrogen-bond donors (Lipinski definition) is 2. The highest BCUT2D eigenvalue weighted by molar-refractivity contribution is 6.02. The molecule has 1 aromatic carbocycles. The number of benzene rings is 1. The van der Waals surface area contributed by atoms with E-state index in [1.165, 1.54) is 12.1 Å². The van der Waals surface area contributed by atoms with Crippen molar-refractivity contribution in [1.29, 1.82) is 5.41 Å². The van der Waals surface area contributed by atoms with Gasteiger partial charge in [-0.2, -0.15) is 0 Å². The number of anilines is 2. The van der Waals surface area contributed by atoms with Crippen molar-refractivity contribution in [2.24, 2.45) is 5.73 Å². The first-order valence-corrected chi connectivity index (χ1v) is 6.22. The van der Waals surface area contributed by atoms with Gasteiger partial charge in [0.15, 0.2) is 0 Å². The number of pyridine rings is 1. The average Bonchev–Trinajstić information content (AvgIpc) is 2.36. The molecular formula is C15H17FN4. The third-order valence-corrected chi connectivity index (χ3v) is 3.13. The standard InChI is InChI=1S/C15H17FN4/c1-9-7-13(14(15(17)18)10(2)19-9)20(3)12-6-4-5-11(16)8-12/h4-8H,1-3H3,(H3,17,18). The molecule has 0 amide bonds. The number of nitrogens with zero attached hydrogens (tertiary/aromatic N) is 2. The zero-order chi connectivity index (χ0) is 14.9. The molecule has 20 heavy (non-hydrogen) atoms. The monoisotopic (exact) mass is 272 g/mol. The topological polar surface area (TPSA) is 66.0 Å². The molecule has 0 fully saturated rings. The molecule has 3 N–H and O–H groups in total. The summed E-state index contributed by atoms with van der Waals surface area (Å²) in [5.74, 6) is -0.352. The second kappa shape index (κ2) is 5.28. The van der Waals surface area contributed by atoms with Gasteiger partial charge in [0.25, 0.3) is 0 Å². The van der Waals surface area contributed by atoms with E-state index in [2.05, 4.69) is 4.98 Å². The van der Waals surface area contributed by atoms with Crippen LogP contribution in [0.25, 0.3) is 0 Å². The Morgan fingerprint density at radius 2 is 2.00 bits per heavy atom. The first-order chi connectivity index (χ1) is 9.40. The summed E-state index contributed by atoms with van der Waals surface area (Å²) >= 11 is 0. The highest BCUT2D eigenvalue weighted by atomic mass is 19.1. The van der Waals surface area contributed by atoms with Crippen molar-refractivity contribution in [3.63, 3.8) is 0 Å². The van der Waals surface area contributed by atoms with Gasteiger partial charge < -0.3 is 10.6 Å². The van der Waals surface area contributed by atoms with E-state index < -0.39 is 0 Å². The smallest absolute Gasteiger partial charge is 0.126 e. The van der Waals surface area contributed by atoms with E-state index >= 15 is 0 Å². The predicted molar refractivity (Wildman–Crippen MR) is 79.2 cm³/mol. The van der Waals surface area contributed by atoms with Crippen LogP contribution in [-0.4, -0.2) is 17.9 Å². The quantitative estimate of drug-likeness (QED) is 0.667. The number of rotatable bonds is 3. The molecule has 0 aliphatic rings. The molecule has 2 aromatic rings. The molecule has 0 atom stereocenters. The first kappa shape index (κ1) is 14.0. The Kier molecular flexibility index (Phi) is 3.70. The van der Waals surface area contributed by atoms with Crippen LogP contribution in [0.5, 0.6) is 0 Å². The lowest BCUT2D eigenvalue weighted by Crippen LogP contribution is -2.21. The molecule has 1 heterocycles. The average molecular weight is 272 g/mol. The van der Waals surface area contributed by atoms with Crippen molar-refractivity contribution in [1.82, 2.24) is 4.98 Å². The largest absolute Gasteiger partial charge is 0.384 e. The van der Waals surface area contributed by atoms with Gasteiger partial charge in [-0.3, -0.25) is 10.4 Å². The van der Waals surface area contributed by atoms with Crippen LogP contribution in [0.3, 0.4) is 0 Å². The minimum absolute atomic E-state index is 0.0479. The van der Waals surface area contributed by atoms with Crippen LogP contribution in [0.15, 0.2) is 30.3 Å². The van der Waals surface area contributed by atoms with Gasteiger partial charge >= 0.3 is 0 Å². The molecule has 1 aromatic heterocycles. The summed E-state index contributed by atoms with van der Waals surface area (Å²) in [4.78, 5) is 6.13. The highest BCUT2D eigenvalue weighted by Crippen LogP contribution is 2.29. The lowest BCUT2D eigenvalue weighted by atomic mass is 10.1. The maximum absolute atomic E-state index is 13.4. The van der Waals surface area contributed by atoms with Crippen LogP contribution < -0.4 is 10.6 Å². The predicted octanol–water partition coefficient (Wildman–Crippen LogP) is 2.89. The van der Waals surface area contributed by atoms with Crippen molar-refractivity contribution >= 4 is 17.2 Å². The van der Waals surface area contributed by atoms with Gasteiger partial charge in [0.05, 0.1) is 16.9 Å². The van der Waals surface area contributed by atoms with Crippen LogP contribution in [0, 0.1) is 25.1 Å². The van der Waals surface area contributed by atoms with E-state index in [4.69, 9.17) is 11.1 Å². The molecule has 0 unspecified atom stereocenters. The maximum Gasteiger partial charge on any atom is 0.126 e. The van der Waals surface area contributed by atoms with Gasteiger partial charge in [-0.25, -0.2) is 4.39 Å². The summed E-state index contributed by atoms with van der Waals surface area (Å²) in [6, 6.07) is 8.13. The maximum atomic E-state index is 13.4. The molecule has 5 heteroatoms. The van der Waals surface area contributed by atoms with Gasteiger partial charge in [0.2, 0.25) is 0 Å². The second-order valence-electron chi connectivity index (χ2n) is 4.70. The normalized spacial score (nSPS) is 10.4. The molecule has 2 rings (SSSR count). The SMILES string of the molecule is Cc1cc(N(C)c2cccc(F)c2)c(C(=N)N)c(C)n1. The molecule has 0 aliphatic heterocycles. The van der Waals surface area contributed by atoms with E-state index in [0.717, 1.165) is 11.4 Å². The van der Waals surface area contributed by atoms with E-state index in [-0.39, 0.29) is 11.7 Å². The minimum atomic E-state index is -0.304. The molecule has 104 valence electrons. The van der Waals surface area contributed by atoms with Crippen molar-refractivity contribution in [3.8, 4) is 0 Å². The number of amidine groups is 1. The molecule has 0 saturated carbocycles. The lowest BCUT2D eigenvalue weighted by molar-refractivity contribution is 0.628. The van der Waals surface area contributed by atoms with Crippen molar-refractivity contribution in [2.75, 3.05) is 11.9 Å². The van der Waals surface area contributed by atoms with Gasteiger partial charge in [-0.1, -0.05) is 6.07 Å². The summed E-state index contributed by atoms with van der Waals surface area (Å²) in [5, 5.41) is 7.72. The highest BCUT2D eigenvalue weighted by Gasteiger charge is 2.16. The fourth-order valence-electron chi connectivity index (χ4n) is 2.23. The number of aryl methyl sites for hydroxylation is 2. The Labute approximate surface area is 117 Å². The van der Waals surface area contributed by atoms with Crippen LogP contribution in [0.1, 0.15) is 17.0 Å². The molecular weight excluding hydrogens is 255 g/mol. The third kappa shape index (κ3) is 2.61. The number of halogens is 1. The molecule has 4 nitrogen and oxygen atoms in total. The summed E-state index contributed by atoms with van der Waals surface area (Å²) in [5.41, 5.74) is 9.18. The van der Waals surface area contributed by atoms with Crippen molar-refractivity contribution < 1.29 is 4.39 Å². The molecule has 0 saturated heterocycles. The van der Waals surface area contributed by atoms with Crippen LogP contribution in [0.4, 0.5) is 15.8 Å². The Hall–Kier alpha value is -2.43. The fourth-order valence-corrected chi connectivity index (χ4v) is 2.23. The first-order valence-electron chi connectivity index (χ1n) is 6.22. The van der Waals surface area contributed by atoms with Crippen LogP contribution >= 0.6 is 0 Å². The summed E-state index contributed by atoms with van der Waals surface area (Å²) in [6.07, 6.45) is 0. The summed E-state index contributed by atoms with van der Waals surface area (Å²) < 4.78 is 13.4. The molecule has 0 radical (unpaired) electrons. The second-order valence-corrected chi connectivity index (χ2v) is 4.70. The molecule has 0 bridgehead atoms. The van der Waals surface area contributed by atoms with Gasteiger partial charge in [-0.15, -0.1) is 0 Å². The van der Waals surface area contributed by atoms with Gasteiger partial charge in [0.1, 0.15) is 11.7 Å². The Bertz CT molecular complexity index is 667. The summed E-state index contributed by atoms with van der Waals surface area (Å²) in [6.45, 7) is 3.69. The number of hydrogen-bond acceptors (Lipinski definition) is 3. The number of nitrogens with two attached hydrogens (primary N) is 1. The van der Waals surface area contributed by atoms with Crippen molar-refractivity contribution in [3.05, 3.63) is 53.1 Å². The zero-order valence-corrected chi connectivity index (χ0v) is 11.7. The van der Waals surface area contributed by atoms with E-state index in [1.54, 1.807) is 12.1 Å². The number of nitrogen functional groups attached to an aromatic ring is 1. The Morgan fingerprint density at radius 3 is 2.60 bits per heavy atom. The number of nitrogens with one attached hydrogen (secondary N) is 1. The molecule has 0 aliphatic carbocycles. The van der Waals surface area contributed by atoms with Crippen LogP contribution in [0.2, 0.25) is 0 Å². The Morgan fingerprint density at radius 1 is 1.30 bits per heavy atom. The van der Waals surface area contributed by atoms with E-state index in [1.807, 2.05) is 31.9 Å². The zero-order valence-electron chi connectivity index (χ0n) is 11.7. The molecule has 0 spiro atoms. The fraction of sp³-hybridized carbons (Fsp3) is 0.200. The van der Waals surface area contributed by atoms with Crippen molar-refractivity contribution in [2.45, 2.75) is 13.8 Å². The van der Waals surface area contributed by atoms with E-state index in [0.29, 0.717) is 16.9 Å². The number of aromatic nitrogens is 1. The van der Waals surface area contributed by atoms with Crippen LogP contribution in [-0.2, 0) is 0 Å². The van der Waals surface area contributed by atoms with Gasteiger partial charge in [0, 0.05) is 18.4 Å².